The Morgan fingerprint density at radius 1 is 1.12 bits per heavy atom. The van der Waals surface area contributed by atoms with Crippen LogP contribution in [0.2, 0.25) is 0 Å². The van der Waals surface area contributed by atoms with E-state index in [2.05, 4.69) is 17.2 Å². The predicted octanol–water partition coefficient (Wildman–Crippen LogP) is 5.45. The molecule has 0 aliphatic heterocycles. The molecule has 0 aliphatic carbocycles. The molecule has 0 fully saturated rings. The summed E-state index contributed by atoms with van der Waals surface area (Å²) in [5.41, 5.74) is 2.04. The number of unbranched alkanes of at least 4 members (excludes halogenated alkanes) is 1. The number of methoxy groups -OCH3 is 1. The van der Waals surface area contributed by atoms with Crippen LogP contribution >= 0.6 is 23.1 Å². The molecule has 2 heterocycles. The highest BCUT2D eigenvalue weighted by Gasteiger charge is 2.23. The Hall–Kier alpha value is -3.11. The monoisotopic (exact) mass is 498 g/mol. The number of hydrogen-bond acceptors (Lipinski definition) is 9. The van der Waals surface area contributed by atoms with E-state index in [4.69, 9.17) is 19.2 Å². The number of benzene rings is 2. The average molecular weight is 499 g/mol. The van der Waals surface area contributed by atoms with Crippen LogP contribution in [-0.2, 0) is 11.3 Å². The summed E-state index contributed by atoms with van der Waals surface area (Å²) in [4.78, 5) is 17.3. The van der Waals surface area contributed by atoms with Gasteiger partial charge in [0.1, 0.15) is 16.5 Å². The number of nitrogens with zero attached hydrogens (tertiary/aromatic N) is 4. The van der Waals surface area contributed by atoms with Crippen molar-refractivity contribution in [2.24, 2.45) is 0 Å². The number of ether oxygens (including phenoxy) is 3. The van der Waals surface area contributed by atoms with Gasteiger partial charge in [0.15, 0.2) is 4.34 Å². The number of esters is 1. The molecule has 0 atom stereocenters. The highest BCUT2D eigenvalue weighted by molar-refractivity contribution is 8.01. The minimum Gasteiger partial charge on any atom is -0.497 e. The summed E-state index contributed by atoms with van der Waals surface area (Å²) in [7, 11) is 1.63. The lowest BCUT2D eigenvalue weighted by atomic mass is 10.2. The van der Waals surface area contributed by atoms with Gasteiger partial charge in [-0.25, -0.2) is 14.5 Å². The third kappa shape index (κ3) is 5.68. The smallest absolute Gasteiger partial charge is 0.361 e. The van der Waals surface area contributed by atoms with Crippen molar-refractivity contribution in [3.63, 3.8) is 0 Å². The van der Waals surface area contributed by atoms with Gasteiger partial charge in [0, 0.05) is 6.07 Å². The molecule has 8 nitrogen and oxygen atoms in total. The summed E-state index contributed by atoms with van der Waals surface area (Å²) in [6.07, 6.45) is 2.10. The van der Waals surface area contributed by atoms with Crippen molar-refractivity contribution in [3.05, 3.63) is 53.7 Å². The van der Waals surface area contributed by atoms with E-state index in [1.54, 1.807) is 30.1 Å². The van der Waals surface area contributed by atoms with Gasteiger partial charge in [-0.15, -0.1) is 16.4 Å². The molecular weight excluding hydrogens is 472 g/mol. The summed E-state index contributed by atoms with van der Waals surface area (Å²) < 4.78 is 19.8. The molecule has 0 bridgehead atoms. The topological polar surface area (TPSA) is 88.4 Å². The van der Waals surface area contributed by atoms with Gasteiger partial charge in [0.25, 0.3) is 0 Å². The summed E-state index contributed by atoms with van der Waals surface area (Å²) in [5.74, 6) is 1.08. The standard InChI is InChI=1S/C24H26N4O4S2/c1-4-6-13-32-18-11-12-20-19(14-18)25-24(33-20)34-22-21(23(29)31-5-2)26-27-28(22)15-16-7-9-17(30-3)10-8-16/h7-12,14H,4-6,13,15H2,1-3H3. The van der Waals surface area contributed by atoms with Crippen LogP contribution in [0.25, 0.3) is 10.2 Å². The van der Waals surface area contributed by atoms with Gasteiger partial charge in [-0.3, -0.25) is 0 Å². The molecule has 0 radical (unpaired) electrons. The highest BCUT2D eigenvalue weighted by atomic mass is 32.2. The molecule has 4 aromatic rings. The Morgan fingerprint density at radius 2 is 1.91 bits per heavy atom. The highest BCUT2D eigenvalue weighted by Crippen LogP contribution is 2.37. The van der Waals surface area contributed by atoms with Gasteiger partial charge in [0.2, 0.25) is 5.69 Å². The van der Waals surface area contributed by atoms with Crippen LogP contribution < -0.4 is 9.47 Å². The van der Waals surface area contributed by atoms with Crippen molar-refractivity contribution in [1.29, 1.82) is 0 Å². The lowest BCUT2D eigenvalue weighted by molar-refractivity contribution is 0.0515. The van der Waals surface area contributed by atoms with E-state index in [0.717, 1.165) is 44.5 Å². The quantitative estimate of drug-likeness (QED) is 0.199. The molecule has 34 heavy (non-hydrogen) atoms. The molecule has 2 aromatic carbocycles. The predicted molar refractivity (Wildman–Crippen MR) is 132 cm³/mol. The third-order valence-corrected chi connectivity index (χ3v) is 7.13. The van der Waals surface area contributed by atoms with E-state index in [1.807, 2.05) is 42.5 Å². The number of hydrogen-bond donors (Lipinski definition) is 0. The summed E-state index contributed by atoms with van der Waals surface area (Å²) in [6, 6.07) is 13.6. The van der Waals surface area contributed by atoms with Crippen LogP contribution in [0, 0.1) is 0 Å². The lowest BCUT2D eigenvalue weighted by Gasteiger charge is -2.07. The van der Waals surface area contributed by atoms with Crippen molar-refractivity contribution >= 4 is 39.3 Å². The largest absolute Gasteiger partial charge is 0.497 e. The molecule has 2 aromatic heterocycles. The second-order valence-electron chi connectivity index (χ2n) is 7.38. The first kappa shape index (κ1) is 24.0. The molecular formula is C24H26N4O4S2. The Morgan fingerprint density at radius 3 is 2.65 bits per heavy atom. The maximum absolute atomic E-state index is 12.5. The van der Waals surface area contributed by atoms with Crippen molar-refractivity contribution < 1.29 is 19.0 Å². The van der Waals surface area contributed by atoms with Crippen LogP contribution in [0.3, 0.4) is 0 Å². The van der Waals surface area contributed by atoms with E-state index in [-0.39, 0.29) is 12.3 Å². The normalized spacial score (nSPS) is 11.0. The van der Waals surface area contributed by atoms with Crippen LogP contribution in [-0.4, -0.2) is 46.3 Å². The molecule has 0 spiro atoms. The van der Waals surface area contributed by atoms with Crippen molar-refractivity contribution in [3.8, 4) is 11.5 Å². The molecule has 10 heteroatoms. The summed E-state index contributed by atoms with van der Waals surface area (Å²) in [6.45, 7) is 5.29. The average Bonchev–Trinajstić information content (AvgIpc) is 3.43. The molecule has 0 unspecified atom stereocenters. The van der Waals surface area contributed by atoms with E-state index >= 15 is 0 Å². The molecule has 0 saturated carbocycles. The van der Waals surface area contributed by atoms with Crippen LogP contribution in [0.5, 0.6) is 11.5 Å². The lowest BCUT2D eigenvalue weighted by Crippen LogP contribution is -2.08. The van der Waals surface area contributed by atoms with Gasteiger partial charge < -0.3 is 14.2 Å². The van der Waals surface area contributed by atoms with Crippen LogP contribution in [0.1, 0.15) is 42.7 Å². The second-order valence-corrected chi connectivity index (χ2v) is 9.65. The molecule has 0 aliphatic rings. The zero-order chi connectivity index (χ0) is 23.9. The fourth-order valence-corrected chi connectivity index (χ4v) is 5.26. The zero-order valence-electron chi connectivity index (χ0n) is 19.3. The minimum absolute atomic E-state index is 0.184. The Balaban J connectivity index is 1.61. The maximum atomic E-state index is 12.5. The number of fused-ring (bicyclic) bond motifs is 1. The summed E-state index contributed by atoms with van der Waals surface area (Å²) >= 11 is 2.91. The zero-order valence-corrected chi connectivity index (χ0v) is 20.9. The van der Waals surface area contributed by atoms with Crippen molar-refractivity contribution in [2.45, 2.75) is 42.6 Å². The number of thiazole rings is 1. The van der Waals surface area contributed by atoms with Gasteiger partial charge in [0.05, 0.1) is 37.1 Å². The molecule has 178 valence electrons. The molecule has 0 saturated heterocycles. The Labute approximate surface area is 206 Å². The number of carbonyl (C=O) groups excluding carboxylic acids is 1. The fraction of sp³-hybridized carbons (Fsp3) is 0.333. The van der Waals surface area contributed by atoms with E-state index in [0.29, 0.717) is 18.2 Å². The maximum Gasteiger partial charge on any atom is 0.361 e. The van der Waals surface area contributed by atoms with Gasteiger partial charge in [-0.1, -0.05) is 30.7 Å². The molecule has 0 N–H and O–H groups in total. The van der Waals surface area contributed by atoms with Gasteiger partial charge >= 0.3 is 5.97 Å². The molecule has 4 rings (SSSR count). The number of rotatable bonds is 11. The second kappa shape index (κ2) is 11.3. The SMILES string of the molecule is CCCCOc1ccc2sc(Sc3c(C(=O)OCC)nnn3Cc3ccc(OC)cc3)nc2c1. The van der Waals surface area contributed by atoms with Gasteiger partial charge in [-0.2, -0.15) is 0 Å². The van der Waals surface area contributed by atoms with E-state index in [9.17, 15) is 4.79 Å². The Bertz CT molecular complexity index is 1250. The first-order valence-electron chi connectivity index (χ1n) is 11.1. The van der Waals surface area contributed by atoms with E-state index in [1.165, 1.54) is 11.8 Å². The number of carbonyl (C=O) groups is 1. The minimum atomic E-state index is -0.501. The van der Waals surface area contributed by atoms with Gasteiger partial charge in [-0.05, 0) is 54.9 Å². The van der Waals surface area contributed by atoms with Crippen molar-refractivity contribution in [2.75, 3.05) is 20.3 Å². The first-order valence-corrected chi connectivity index (χ1v) is 12.7. The van der Waals surface area contributed by atoms with Crippen LogP contribution in [0.4, 0.5) is 0 Å². The Kier molecular flexibility index (Phi) is 8.02. The van der Waals surface area contributed by atoms with Crippen molar-refractivity contribution in [1.82, 2.24) is 20.0 Å². The summed E-state index contributed by atoms with van der Waals surface area (Å²) in [5, 5.41) is 8.94. The fourth-order valence-electron chi connectivity index (χ4n) is 3.18. The van der Waals surface area contributed by atoms with E-state index < -0.39 is 5.97 Å². The van der Waals surface area contributed by atoms with Crippen LogP contribution in [0.15, 0.2) is 51.8 Å². The molecule has 0 amide bonds. The third-order valence-electron chi connectivity index (χ3n) is 4.94. The first-order chi connectivity index (χ1) is 16.6. The number of aromatic nitrogens is 4.